The van der Waals surface area contributed by atoms with Gasteiger partial charge in [0.15, 0.2) is 0 Å². The summed E-state index contributed by atoms with van der Waals surface area (Å²) < 4.78 is 0. The molecule has 7 heteroatoms. The van der Waals surface area contributed by atoms with Crippen molar-refractivity contribution in [3.63, 3.8) is 0 Å². The average molecular weight is 293 g/mol. The van der Waals surface area contributed by atoms with Crippen molar-refractivity contribution < 1.29 is 57.3 Å². The summed E-state index contributed by atoms with van der Waals surface area (Å²) >= 11 is 0. The monoisotopic (exact) mass is 294 g/mol. The third-order valence-electron chi connectivity index (χ3n) is 0.715. The fraction of sp³-hybridized carbons (Fsp3) is 0.667. The van der Waals surface area contributed by atoms with Gasteiger partial charge in [0.2, 0.25) is 0 Å². The van der Waals surface area contributed by atoms with Crippen LogP contribution in [0.4, 0.5) is 0 Å². The molecule has 74 valence electrons. The Morgan fingerprint density at radius 3 is 1.00 bits per heavy atom. The zero-order chi connectivity index (χ0) is 10.3. The molecule has 0 aliphatic heterocycles. The minimum absolute atomic E-state index is 0. The third-order valence-corrected chi connectivity index (χ3v) is 0.715. The van der Waals surface area contributed by atoms with Gasteiger partial charge in [-0.15, -0.1) is 0 Å². The molecule has 0 saturated carbocycles. The molecule has 13 heavy (non-hydrogen) atoms. The molecule has 0 aliphatic carbocycles. The predicted molar refractivity (Wildman–Crippen MR) is 38.6 cm³/mol. The van der Waals surface area contributed by atoms with Gasteiger partial charge in [0, 0.05) is 27.3 Å². The number of aliphatic hydroxyl groups is 2. The van der Waals surface area contributed by atoms with Crippen LogP contribution in [0.1, 0.15) is 13.8 Å². The zero-order valence-electron chi connectivity index (χ0n) is 7.47. The minimum Gasteiger partial charge on any atom is -0.479 e. The molecule has 0 spiro atoms. The van der Waals surface area contributed by atoms with Crippen molar-refractivity contribution in [3.8, 4) is 0 Å². The van der Waals surface area contributed by atoms with E-state index in [4.69, 9.17) is 20.4 Å². The van der Waals surface area contributed by atoms with Crippen molar-refractivity contribution in [2.24, 2.45) is 0 Å². The summed E-state index contributed by atoms with van der Waals surface area (Å²) in [7, 11) is 0. The summed E-state index contributed by atoms with van der Waals surface area (Å²) in [6.45, 7) is 2.39. The molecule has 2 atom stereocenters. The average Bonchev–Trinajstić information content (AvgIpc) is 1.88. The van der Waals surface area contributed by atoms with Crippen LogP contribution in [0.3, 0.4) is 0 Å². The van der Waals surface area contributed by atoms with E-state index < -0.39 is 24.1 Å². The van der Waals surface area contributed by atoms with Crippen molar-refractivity contribution in [1.82, 2.24) is 0 Å². The minimum atomic E-state index is -1.23. The molecule has 2 unspecified atom stereocenters. The SMILES string of the molecule is CC(O)C(=O)O.CC(O)C(=O)O.[Cd]. The van der Waals surface area contributed by atoms with Crippen LogP contribution >= 0.6 is 0 Å². The molecule has 0 aliphatic rings. The number of rotatable bonds is 2. The van der Waals surface area contributed by atoms with Crippen LogP contribution in [-0.2, 0) is 36.9 Å². The Morgan fingerprint density at radius 1 is 0.923 bits per heavy atom. The number of carboxylic acids is 2. The van der Waals surface area contributed by atoms with Crippen molar-refractivity contribution >= 4 is 11.9 Å². The van der Waals surface area contributed by atoms with Crippen LogP contribution in [0.2, 0.25) is 0 Å². The first-order valence-electron chi connectivity index (χ1n) is 3.10. The molecule has 0 fully saturated rings. The van der Waals surface area contributed by atoms with E-state index in [0.717, 1.165) is 0 Å². The smallest absolute Gasteiger partial charge is 0.332 e. The number of carboxylic acid groups (broad SMARTS) is 2. The summed E-state index contributed by atoms with van der Waals surface area (Å²) in [5.41, 5.74) is 0. The molecule has 0 heterocycles. The Balaban J connectivity index is -0.000000143. The second-order valence-electron chi connectivity index (χ2n) is 2.03. The molecular formula is C6H12CdO6. The number of carbonyl (C=O) groups is 2. The van der Waals surface area contributed by atoms with Gasteiger partial charge < -0.3 is 20.4 Å². The number of hydrogen-bond acceptors (Lipinski definition) is 4. The molecular weight excluding hydrogens is 280 g/mol. The van der Waals surface area contributed by atoms with E-state index in [1.165, 1.54) is 13.8 Å². The molecule has 4 N–H and O–H groups in total. The molecule has 0 rings (SSSR count). The van der Waals surface area contributed by atoms with Gasteiger partial charge >= 0.3 is 11.9 Å². The van der Waals surface area contributed by atoms with E-state index in [1.54, 1.807) is 0 Å². The summed E-state index contributed by atoms with van der Waals surface area (Å²) in [6.07, 6.45) is -2.46. The fourth-order valence-electron chi connectivity index (χ4n) is 0. The molecule has 0 radical (unpaired) electrons. The van der Waals surface area contributed by atoms with E-state index in [9.17, 15) is 9.59 Å². The maximum Gasteiger partial charge on any atom is 0.332 e. The van der Waals surface area contributed by atoms with Gasteiger partial charge in [-0.1, -0.05) is 0 Å². The van der Waals surface area contributed by atoms with Gasteiger partial charge in [-0.3, -0.25) is 0 Å². The molecule has 0 aromatic rings. The number of aliphatic carboxylic acids is 2. The summed E-state index contributed by atoms with van der Waals surface area (Å²) in [6, 6.07) is 0. The maximum atomic E-state index is 9.45. The second-order valence-corrected chi connectivity index (χ2v) is 2.03. The fourth-order valence-corrected chi connectivity index (χ4v) is 0. The largest absolute Gasteiger partial charge is 0.479 e. The standard InChI is InChI=1S/2C3H6O3.Cd/c2*1-2(4)3(5)6;/h2*2,4H,1H3,(H,5,6);. The number of hydrogen-bond donors (Lipinski definition) is 4. The molecule has 0 aromatic carbocycles. The Morgan fingerprint density at radius 2 is 1.00 bits per heavy atom. The summed E-state index contributed by atoms with van der Waals surface area (Å²) in [5, 5.41) is 31.5. The Hall–Kier alpha value is -0.218. The first kappa shape index (κ1) is 18.5. The first-order valence-corrected chi connectivity index (χ1v) is 3.10. The second kappa shape index (κ2) is 9.87. The van der Waals surface area contributed by atoms with E-state index >= 15 is 0 Å². The number of aliphatic hydroxyl groups excluding tert-OH is 2. The normalized spacial score (nSPS) is 12.6. The Bertz CT molecular complexity index is 137. The topological polar surface area (TPSA) is 115 Å². The molecule has 0 amide bonds. The van der Waals surface area contributed by atoms with Crippen LogP contribution in [-0.4, -0.2) is 44.6 Å². The van der Waals surface area contributed by atoms with Gasteiger partial charge in [-0.25, -0.2) is 9.59 Å². The van der Waals surface area contributed by atoms with E-state index in [2.05, 4.69) is 0 Å². The van der Waals surface area contributed by atoms with Crippen LogP contribution in [0.25, 0.3) is 0 Å². The Labute approximate surface area is 95.4 Å². The van der Waals surface area contributed by atoms with Crippen LogP contribution in [0, 0.1) is 0 Å². The predicted octanol–water partition coefficient (Wildman–Crippen LogP) is -1.10. The maximum absolute atomic E-state index is 9.45. The van der Waals surface area contributed by atoms with Gasteiger partial charge in [0.1, 0.15) is 12.2 Å². The van der Waals surface area contributed by atoms with Crippen LogP contribution in [0.5, 0.6) is 0 Å². The molecule has 6 nitrogen and oxygen atoms in total. The molecule has 0 bridgehead atoms. The van der Waals surface area contributed by atoms with Crippen molar-refractivity contribution in [2.75, 3.05) is 0 Å². The van der Waals surface area contributed by atoms with Crippen LogP contribution in [0.15, 0.2) is 0 Å². The van der Waals surface area contributed by atoms with E-state index in [0.29, 0.717) is 0 Å². The summed E-state index contributed by atoms with van der Waals surface area (Å²) in [4.78, 5) is 18.9. The van der Waals surface area contributed by atoms with Gasteiger partial charge in [0.05, 0.1) is 0 Å². The summed E-state index contributed by atoms with van der Waals surface area (Å²) in [5.74, 6) is -2.37. The van der Waals surface area contributed by atoms with Crippen LogP contribution < -0.4 is 0 Å². The van der Waals surface area contributed by atoms with Crippen molar-refractivity contribution in [1.29, 1.82) is 0 Å². The third kappa shape index (κ3) is 18.6. The molecule has 0 aromatic heterocycles. The first-order chi connectivity index (χ1) is 5.29. The van der Waals surface area contributed by atoms with Crippen molar-refractivity contribution in [2.45, 2.75) is 26.1 Å². The van der Waals surface area contributed by atoms with Gasteiger partial charge in [0.25, 0.3) is 0 Å². The van der Waals surface area contributed by atoms with Crippen molar-refractivity contribution in [3.05, 3.63) is 0 Å². The van der Waals surface area contributed by atoms with E-state index in [1.807, 2.05) is 0 Å². The van der Waals surface area contributed by atoms with E-state index in [-0.39, 0.29) is 27.3 Å². The molecule has 0 saturated heterocycles. The van der Waals surface area contributed by atoms with Gasteiger partial charge in [-0.2, -0.15) is 0 Å². The Kier molecular flexibility index (Phi) is 14.1. The van der Waals surface area contributed by atoms with Gasteiger partial charge in [-0.05, 0) is 13.8 Å². The zero-order valence-corrected chi connectivity index (χ0v) is 11.5. The quantitative estimate of drug-likeness (QED) is 0.480.